The third-order valence-electron chi connectivity index (χ3n) is 3.89. The second-order valence-electron chi connectivity index (χ2n) is 5.62. The van der Waals surface area contributed by atoms with Gasteiger partial charge >= 0.3 is 0 Å². The number of benzene rings is 2. The average Bonchev–Trinajstić information content (AvgIpc) is 2.64. The summed E-state index contributed by atoms with van der Waals surface area (Å²) in [5.41, 5.74) is -0.152. The highest BCUT2D eigenvalue weighted by Gasteiger charge is 2.27. The Morgan fingerprint density at radius 1 is 1.04 bits per heavy atom. The van der Waals surface area contributed by atoms with Gasteiger partial charge in [0.05, 0.1) is 23.7 Å². The van der Waals surface area contributed by atoms with Crippen molar-refractivity contribution < 1.29 is 26.7 Å². The maximum absolute atomic E-state index is 14.1. The zero-order valence-electron chi connectivity index (χ0n) is 13.6. The van der Waals surface area contributed by atoms with Crippen molar-refractivity contribution in [2.45, 2.75) is 4.90 Å². The number of amides is 1. The first-order valence-electron chi connectivity index (χ1n) is 7.82. The van der Waals surface area contributed by atoms with Gasteiger partial charge in [-0.1, -0.05) is 0 Å². The van der Waals surface area contributed by atoms with Crippen LogP contribution in [0.4, 0.5) is 14.5 Å². The molecule has 6 nitrogen and oxygen atoms in total. The van der Waals surface area contributed by atoms with Crippen LogP contribution in [0.3, 0.4) is 0 Å². The molecule has 1 saturated heterocycles. The van der Waals surface area contributed by atoms with Crippen molar-refractivity contribution in [3.8, 4) is 0 Å². The van der Waals surface area contributed by atoms with Crippen LogP contribution in [0, 0.1) is 11.6 Å². The Morgan fingerprint density at radius 2 is 1.69 bits per heavy atom. The smallest absolute Gasteiger partial charge is 0.258 e. The molecule has 0 unspecified atom stereocenters. The number of hydrogen-bond donors (Lipinski definition) is 1. The molecular weight excluding hydrogens is 366 g/mol. The molecule has 1 N–H and O–H groups in total. The minimum absolute atomic E-state index is 0.176. The van der Waals surface area contributed by atoms with Crippen molar-refractivity contribution in [3.05, 3.63) is 59.7 Å². The molecule has 0 aromatic heterocycles. The summed E-state index contributed by atoms with van der Waals surface area (Å²) in [4.78, 5) is 12.1. The van der Waals surface area contributed by atoms with E-state index < -0.39 is 33.1 Å². The Hall–Kier alpha value is -2.36. The number of rotatable bonds is 4. The van der Waals surface area contributed by atoms with Gasteiger partial charge in [-0.2, -0.15) is 4.31 Å². The normalized spacial score (nSPS) is 15.6. The number of carbonyl (C=O) groups is 1. The van der Waals surface area contributed by atoms with Crippen LogP contribution in [0.5, 0.6) is 0 Å². The summed E-state index contributed by atoms with van der Waals surface area (Å²) in [5.74, 6) is -2.16. The van der Waals surface area contributed by atoms with Crippen molar-refractivity contribution in [2.75, 3.05) is 31.6 Å². The second kappa shape index (κ2) is 7.48. The molecule has 138 valence electrons. The summed E-state index contributed by atoms with van der Waals surface area (Å²) in [6.45, 7) is 0.935. The lowest BCUT2D eigenvalue weighted by atomic mass is 10.2. The van der Waals surface area contributed by atoms with Crippen LogP contribution < -0.4 is 5.32 Å². The maximum Gasteiger partial charge on any atom is 0.258 e. The lowest BCUT2D eigenvalue weighted by Gasteiger charge is -2.26. The van der Waals surface area contributed by atoms with Crippen LogP contribution in [0.1, 0.15) is 10.4 Å². The van der Waals surface area contributed by atoms with Gasteiger partial charge in [0.15, 0.2) is 0 Å². The molecule has 1 amide bonds. The summed E-state index contributed by atoms with van der Waals surface area (Å²) in [7, 11) is -3.86. The predicted molar refractivity (Wildman–Crippen MR) is 90.3 cm³/mol. The summed E-state index contributed by atoms with van der Waals surface area (Å²) < 4.78 is 58.6. The van der Waals surface area contributed by atoms with Crippen LogP contribution in [0.15, 0.2) is 47.4 Å². The molecule has 1 heterocycles. The summed E-state index contributed by atoms with van der Waals surface area (Å²) >= 11 is 0. The van der Waals surface area contributed by atoms with Gasteiger partial charge in [-0.3, -0.25) is 4.79 Å². The molecule has 0 atom stereocenters. The molecule has 0 saturated carbocycles. The van der Waals surface area contributed by atoms with Gasteiger partial charge < -0.3 is 10.1 Å². The Kier molecular flexibility index (Phi) is 5.30. The zero-order valence-corrected chi connectivity index (χ0v) is 14.4. The number of nitrogens with zero attached hydrogens (tertiary/aromatic N) is 1. The number of sulfonamides is 1. The largest absolute Gasteiger partial charge is 0.379 e. The van der Waals surface area contributed by atoms with Gasteiger partial charge in [0.25, 0.3) is 5.91 Å². The van der Waals surface area contributed by atoms with Crippen molar-refractivity contribution in [3.63, 3.8) is 0 Å². The van der Waals surface area contributed by atoms with E-state index in [2.05, 4.69) is 5.32 Å². The third kappa shape index (κ3) is 3.90. The molecule has 9 heteroatoms. The van der Waals surface area contributed by atoms with E-state index in [1.807, 2.05) is 0 Å². The van der Waals surface area contributed by atoms with Gasteiger partial charge in [0.2, 0.25) is 10.0 Å². The lowest BCUT2D eigenvalue weighted by molar-refractivity contribution is 0.0730. The van der Waals surface area contributed by atoms with Crippen molar-refractivity contribution in [2.24, 2.45) is 0 Å². The van der Waals surface area contributed by atoms with E-state index in [1.165, 1.54) is 16.4 Å². The Bertz CT molecular complexity index is 911. The van der Waals surface area contributed by atoms with Gasteiger partial charge in [-0.15, -0.1) is 0 Å². The molecule has 0 radical (unpaired) electrons. The van der Waals surface area contributed by atoms with Crippen molar-refractivity contribution in [1.29, 1.82) is 0 Å². The minimum Gasteiger partial charge on any atom is -0.379 e. The third-order valence-corrected chi connectivity index (χ3v) is 5.79. The highest BCUT2D eigenvalue weighted by atomic mass is 32.2. The lowest BCUT2D eigenvalue weighted by Crippen LogP contribution is -2.40. The van der Waals surface area contributed by atoms with E-state index in [4.69, 9.17) is 4.74 Å². The van der Waals surface area contributed by atoms with Gasteiger partial charge in [0.1, 0.15) is 11.6 Å². The molecular formula is C17H16F2N2O4S. The Morgan fingerprint density at radius 3 is 2.35 bits per heavy atom. The highest BCUT2D eigenvalue weighted by Crippen LogP contribution is 2.21. The molecule has 1 aliphatic heterocycles. The molecule has 2 aromatic rings. The summed E-state index contributed by atoms with van der Waals surface area (Å²) in [5, 5.41) is 2.41. The number of carbonyl (C=O) groups excluding carboxylic acids is 1. The number of halogens is 2. The predicted octanol–water partition coefficient (Wildman–Crippen LogP) is 2.24. The monoisotopic (exact) mass is 382 g/mol. The van der Waals surface area contributed by atoms with E-state index in [9.17, 15) is 22.0 Å². The topological polar surface area (TPSA) is 75.7 Å². The van der Waals surface area contributed by atoms with E-state index in [0.29, 0.717) is 0 Å². The van der Waals surface area contributed by atoms with Crippen LogP contribution in [-0.2, 0) is 14.8 Å². The second-order valence-corrected chi connectivity index (χ2v) is 7.56. The summed E-state index contributed by atoms with van der Waals surface area (Å²) in [6, 6.07) is 7.98. The molecule has 0 spiro atoms. The Balaban J connectivity index is 1.87. The fraction of sp³-hybridized carbons (Fsp3) is 0.235. The zero-order chi connectivity index (χ0) is 18.7. The van der Waals surface area contributed by atoms with Gasteiger partial charge in [0, 0.05) is 18.8 Å². The van der Waals surface area contributed by atoms with Crippen molar-refractivity contribution >= 4 is 21.6 Å². The molecule has 0 bridgehead atoms. The van der Waals surface area contributed by atoms with E-state index >= 15 is 0 Å². The molecule has 1 aliphatic rings. The summed E-state index contributed by atoms with van der Waals surface area (Å²) in [6.07, 6.45) is 0. The fourth-order valence-corrected chi connectivity index (χ4v) is 3.94. The first-order chi connectivity index (χ1) is 12.4. The van der Waals surface area contributed by atoms with Gasteiger partial charge in [-0.05, 0) is 42.5 Å². The number of anilines is 1. The number of ether oxygens (including phenoxy) is 1. The Labute approximate surface area is 149 Å². The fourth-order valence-electron chi connectivity index (χ4n) is 2.51. The van der Waals surface area contributed by atoms with E-state index in [0.717, 1.165) is 30.3 Å². The molecule has 1 fully saturated rings. The van der Waals surface area contributed by atoms with E-state index in [-0.39, 0.29) is 36.9 Å². The quantitative estimate of drug-likeness (QED) is 0.880. The number of hydrogen-bond acceptors (Lipinski definition) is 4. The molecule has 0 aliphatic carbocycles. The average molecular weight is 382 g/mol. The van der Waals surface area contributed by atoms with E-state index in [1.54, 1.807) is 0 Å². The first-order valence-corrected chi connectivity index (χ1v) is 9.26. The minimum atomic E-state index is -3.86. The molecule has 3 rings (SSSR count). The standard InChI is InChI=1S/C17H16F2N2O4S/c18-12-1-3-13(4-2-12)20-17(22)15-11-14(5-6-16(15)19)26(23,24)21-7-9-25-10-8-21/h1-6,11H,7-10H2,(H,20,22). The highest BCUT2D eigenvalue weighted by molar-refractivity contribution is 7.89. The molecule has 26 heavy (non-hydrogen) atoms. The SMILES string of the molecule is O=C(Nc1ccc(F)cc1)c1cc(S(=O)(=O)N2CCOCC2)ccc1F. The van der Waals surface area contributed by atoms with Gasteiger partial charge in [-0.25, -0.2) is 17.2 Å². The van der Waals surface area contributed by atoms with Crippen molar-refractivity contribution in [1.82, 2.24) is 4.31 Å². The maximum atomic E-state index is 14.1. The number of morpholine rings is 1. The van der Waals surface area contributed by atoms with Crippen LogP contribution in [0.2, 0.25) is 0 Å². The number of nitrogens with one attached hydrogen (secondary N) is 1. The first kappa shape index (κ1) is 18.4. The van der Waals surface area contributed by atoms with Crippen LogP contribution in [-0.4, -0.2) is 44.9 Å². The van der Waals surface area contributed by atoms with Crippen LogP contribution in [0.25, 0.3) is 0 Å². The molecule has 2 aromatic carbocycles. The van der Waals surface area contributed by atoms with Crippen LogP contribution >= 0.6 is 0 Å².